The molecule has 2 heterocycles. The second-order valence-corrected chi connectivity index (χ2v) is 15.5. The van der Waals surface area contributed by atoms with E-state index in [0.29, 0.717) is 69.8 Å². The Bertz CT molecular complexity index is 2500. The molecule has 8 rings (SSSR count). The fourth-order valence-electron chi connectivity index (χ4n) is 7.50. The Morgan fingerprint density at radius 1 is 0.710 bits per heavy atom. The predicted octanol–water partition coefficient (Wildman–Crippen LogP) is 7.61. The topological polar surface area (TPSA) is 200 Å². The van der Waals surface area contributed by atoms with Gasteiger partial charge in [0.1, 0.15) is 23.6 Å². The SMILES string of the molecule is CC(C)Oc1ccc(-c2nc(-c3cccc4c3CCC4)no2)cc1C#N.CNCCNC1CCc2c(-c3noc(-c4ccc(OC(C)C)c(C#N)c4)n3)cccc21.CNCCO. The van der Waals surface area contributed by atoms with Crippen LogP contribution in [0.2, 0.25) is 0 Å². The van der Waals surface area contributed by atoms with E-state index in [1.165, 1.54) is 28.7 Å². The van der Waals surface area contributed by atoms with Crippen LogP contribution in [-0.4, -0.2) is 77.9 Å². The van der Waals surface area contributed by atoms with Gasteiger partial charge < -0.3 is 39.6 Å². The molecule has 0 fully saturated rings. The van der Waals surface area contributed by atoms with E-state index in [2.05, 4.69) is 60.5 Å². The van der Waals surface area contributed by atoms with E-state index in [-0.39, 0.29) is 18.8 Å². The largest absolute Gasteiger partial charge is 0.490 e. The summed E-state index contributed by atoms with van der Waals surface area (Å²) >= 11 is 0. The molecule has 14 nitrogen and oxygen atoms in total. The molecule has 4 N–H and O–H groups in total. The van der Waals surface area contributed by atoms with Crippen LogP contribution in [-0.2, 0) is 19.3 Å². The third kappa shape index (κ3) is 11.1. The molecule has 0 saturated heterocycles. The number of aliphatic hydroxyl groups excluding tert-OH is 1. The summed E-state index contributed by atoms with van der Waals surface area (Å²) in [5.74, 6) is 3.08. The van der Waals surface area contributed by atoms with Crippen LogP contribution in [0.1, 0.15) is 80.0 Å². The highest BCUT2D eigenvalue weighted by Gasteiger charge is 2.26. The van der Waals surface area contributed by atoms with Crippen LogP contribution in [0, 0.1) is 22.7 Å². The zero-order chi connectivity index (χ0) is 44.0. The van der Waals surface area contributed by atoms with Crippen molar-refractivity contribution in [2.24, 2.45) is 0 Å². The summed E-state index contributed by atoms with van der Waals surface area (Å²) in [7, 11) is 3.76. The van der Waals surface area contributed by atoms with Gasteiger partial charge in [-0.05, 0) is 133 Å². The Kier molecular flexibility index (Phi) is 15.9. The lowest BCUT2D eigenvalue weighted by Crippen LogP contribution is -2.27. The first-order valence-electron chi connectivity index (χ1n) is 21.1. The number of nitrogens with zero attached hydrogens (tertiary/aromatic N) is 6. The Hall–Kier alpha value is -6.42. The smallest absolute Gasteiger partial charge is 0.258 e. The van der Waals surface area contributed by atoms with Gasteiger partial charge in [0.05, 0.1) is 29.9 Å². The monoisotopic (exact) mass is 837 g/mol. The molecule has 2 aliphatic carbocycles. The van der Waals surface area contributed by atoms with E-state index >= 15 is 0 Å². The summed E-state index contributed by atoms with van der Waals surface area (Å²) in [5, 5.41) is 44.8. The van der Waals surface area contributed by atoms with Gasteiger partial charge in [-0.25, -0.2) is 0 Å². The summed E-state index contributed by atoms with van der Waals surface area (Å²) in [4.78, 5) is 9.20. The van der Waals surface area contributed by atoms with Gasteiger partial charge >= 0.3 is 0 Å². The number of likely N-dealkylation sites (N-methyl/N-ethyl adjacent to an activating group) is 2. The number of aryl methyl sites for hydroxylation is 1. The van der Waals surface area contributed by atoms with Crippen LogP contribution in [0.25, 0.3) is 45.7 Å². The van der Waals surface area contributed by atoms with E-state index in [1.807, 2.05) is 71.1 Å². The third-order valence-electron chi connectivity index (χ3n) is 10.3. The Balaban J connectivity index is 0.000000189. The van der Waals surface area contributed by atoms with Gasteiger partial charge in [-0.3, -0.25) is 0 Å². The first kappa shape index (κ1) is 45.1. The number of ether oxygens (including phenoxy) is 2. The van der Waals surface area contributed by atoms with Crippen LogP contribution in [0.15, 0.2) is 81.8 Å². The van der Waals surface area contributed by atoms with Gasteiger partial charge in [0, 0.05) is 47.9 Å². The highest BCUT2D eigenvalue weighted by molar-refractivity contribution is 5.68. The number of nitrogens with one attached hydrogen (secondary N) is 3. The Morgan fingerprint density at radius 2 is 1.27 bits per heavy atom. The van der Waals surface area contributed by atoms with Crippen LogP contribution in [0.5, 0.6) is 11.5 Å². The lowest BCUT2D eigenvalue weighted by molar-refractivity contribution is 0.241. The molecule has 0 radical (unpaired) electrons. The molecule has 1 atom stereocenters. The van der Waals surface area contributed by atoms with Gasteiger partial charge in [0.15, 0.2) is 0 Å². The molecule has 0 aliphatic heterocycles. The van der Waals surface area contributed by atoms with E-state index in [9.17, 15) is 10.5 Å². The van der Waals surface area contributed by atoms with Crippen molar-refractivity contribution >= 4 is 0 Å². The minimum Gasteiger partial charge on any atom is -0.490 e. The summed E-state index contributed by atoms with van der Waals surface area (Å²) in [5.41, 5.74) is 9.63. The van der Waals surface area contributed by atoms with E-state index in [1.54, 1.807) is 31.3 Å². The normalized spacial score (nSPS) is 13.6. The van der Waals surface area contributed by atoms with Gasteiger partial charge in [0.2, 0.25) is 11.6 Å². The van der Waals surface area contributed by atoms with Gasteiger partial charge in [-0.1, -0.05) is 46.7 Å². The van der Waals surface area contributed by atoms with Crippen molar-refractivity contribution in [2.75, 3.05) is 40.3 Å². The average Bonchev–Trinajstić information content (AvgIpc) is 4.12. The molecule has 322 valence electrons. The molecule has 0 saturated carbocycles. The molecule has 6 aromatic rings. The van der Waals surface area contributed by atoms with Crippen molar-refractivity contribution in [1.82, 2.24) is 36.2 Å². The molecule has 2 aliphatic rings. The van der Waals surface area contributed by atoms with Crippen molar-refractivity contribution in [3.63, 3.8) is 0 Å². The maximum absolute atomic E-state index is 9.49. The summed E-state index contributed by atoms with van der Waals surface area (Å²) < 4.78 is 22.4. The number of fused-ring (bicyclic) bond motifs is 2. The minimum atomic E-state index is -0.00955. The minimum absolute atomic E-state index is 0.00290. The van der Waals surface area contributed by atoms with Crippen molar-refractivity contribution in [3.05, 3.63) is 106 Å². The molecular formula is C48H55N9O5. The third-order valence-corrected chi connectivity index (χ3v) is 10.3. The molecule has 4 aromatic carbocycles. The van der Waals surface area contributed by atoms with Crippen molar-refractivity contribution in [1.29, 1.82) is 10.5 Å². The standard InChI is InChI=1S/C24H27N5O2.C21H19N3O2.C3H9NO/c1-15(2)30-22-10-7-16(13-17(22)14-25)24-28-23(29-31-24)20-6-4-5-19-18(20)8-9-21(19)27-12-11-26-3;1-13(2)25-19-10-9-15(11-16(19)12-22)21-23-20(24-26-21)18-8-4-6-14-5-3-7-17(14)18;1-4-2-3-5/h4-7,10,13,15,21,26-27H,8-9,11-12H2,1-3H3;4,6,8-11,13H,3,5,7H2,1-2H3;4-5H,2-3H2,1H3. The summed E-state index contributed by atoms with van der Waals surface area (Å²) in [6.45, 7) is 10.5. The van der Waals surface area contributed by atoms with Gasteiger partial charge in [0.25, 0.3) is 11.8 Å². The number of benzene rings is 4. The zero-order valence-corrected chi connectivity index (χ0v) is 36.3. The van der Waals surface area contributed by atoms with Crippen LogP contribution < -0.4 is 25.4 Å². The first-order valence-corrected chi connectivity index (χ1v) is 21.1. The van der Waals surface area contributed by atoms with Crippen LogP contribution in [0.4, 0.5) is 0 Å². The quantitative estimate of drug-likeness (QED) is 0.0782. The molecule has 62 heavy (non-hydrogen) atoms. The number of hydrogen-bond donors (Lipinski definition) is 4. The van der Waals surface area contributed by atoms with E-state index < -0.39 is 0 Å². The lowest BCUT2D eigenvalue weighted by atomic mass is 10.0. The van der Waals surface area contributed by atoms with Crippen LogP contribution >= 0.6 is 0 Å². The molecule has 14 heteroatoms. The first-order chi connectivity index (χ1) is 30.2. The summed E-state index contributed by atoms with van der Waals surface area (Å²) in [6, 6.07) is 27.9. The fourth-order valence-corrected chi connectivity index (χ4v) is 7.50. The average molecular weight is 838 g/mol. The highest BCUT2D eigenvalue weighted by Crippen LogP contribution is 2.38. The van der Waals surface area contributed by atoms with E-state index in [4.69, 9.17) is 23.6 Å². The zero-order valence-electron chi connectivity index (χ0n) is 36.3. The molecular weight excluding hydrogens is 783 g/mol. The summed E-state index contributed by atoms with van der Waals surface area (Å²) in [6.07, 6.45) is 5.36. The fraction of sp³-hybridized carbons (Fsp3) is 0.375. The van der Waals surface area contributed by atoms with Crippen molar-refractivity contribution in [3.8, 4) is 69.3 Å². The molecule has 0 bridgehead atoms. The number of rotatable bonds is 14. The van der Waals surface area contributed by atoms with Crippen molar-refractivity contribution < 1.29 is 23.6 Å². The Morgan fingerprint density at radius 3 is 1.79 bits per heavy atom. The number of aliphatic hydroxyl groups is 1. The predicted molar refractivity (Wildman–Crippen MR) is 237 cm³/mol. The van der Waals surface area contributed by atoms with Gasteiger partial charge in [-0.2, -0.15) is 20.5 Å². The second kappa shape index (κ2) is 21.9. The number of aromatic nitrogens is 4. The molecule has 1 unspecified atom stereocenters. The maximum Gasteiger partial charge on any atom is 0.258 e. The van der Waals surface area contributed by atoms with E-state index in [0.717, 1.165) is 49.9 Å². The Labute approximate surface area is 363 Å². The highest BCUT2D eigenvalue weighted by atomic mass is 16.5. The van der Waals surface area contributed by atoms with Crippen LogP contribution in [0.3, 0.4) is 0 Å². The van der Waals surface area contributed by atoms with Gasteiger partial charge in [-0.15, -0.1) is 0 Å². The molecule has 0 spiro atoms. The number of nitriles is 2. The maximum atomic E-state index is 9.49. The lowest BCUT2D eigenvalue weighted by Gasteiger charge is -2.14. The van der Waals surface area contributed by atoms with Crippen molar-refractivity contribution in [2.45, 2.75) is 78.0 Å². The molecule has 2 aromatic heterocycles. The second-order valence-electron chi connectivity index (χ2n) is 15.5. The molecule has 0 amide bonds. The number of hydrogen-bond acceptors (Lipinski definition) is 14.